The molecule has 5 heteroatoms. The van der Waals surface area contributed by atoms with Crippen LogP contribution in [-0.4, -0.2) is 14.5 Å². The Labute approximate surface area is 105 Å². The van der Waals surface area contributed by atoms with Crippen molar-refractivity contribution >= 4 is 23.7 Å². The molecule has 0 aliphatic carbocycles. The summed E-state index contributed by atoms with van der Waals surface area (Å²) < 4.78 is 9.16. The summed E-state index contributed by atoms with van der Waals surface area (Å²) >= 11 is 1.39. The van der Waals surface area contributed by atoms with Gasteiger partial charge in [0.15, 0.2) is 0 Å². The van der Waals surface area contributed by atoms with Crippen LogP contribution in [0.1, 0.15) is 42.9 Å². The third-order valence-electron chi connectivity index (χ3n) is 2.26. The predicted molar refractivity (Wildman–Crippen MR) is 68.8 cm³/mol. The zero-order valence-corrected chi connectivity index (χ0v) is 11.2. The van der Waals surface area contributed by atoms with Crippen LogP contribution in [0.2, 0.25) is 0 Å². The number of aromatic nitrogens is 3. The molecular weight excluding hydrogens is 234 g/mol. The first kappa shape index (κ1) is 12.0. The lowest BCUT2D eigenvalue weighted by molar-refractivity contribution is 0.393. The molecule has 0 saturated carbocycles. The van der Waals surface area contributed by atoms with Gasteiger partial charge >= 0.3 is 0 Å². The molecule has 2 rings (SSSR count). The van der Waals surface area contributed by atoms with Crippen LogP contribution in [0.15, 0.2) is 10.8 Å². The van der Waals surface area contributed by atoms with Crippen molar-refractivity contribution in [1.82, 2.24) is 14.5 Å². The summed E-state index contributed by atoms with van der Waals surface area (Å²) in [4.78, 5) is 4.27. The highest BCUT2D eigenvalue weighted by molar-refractivity contribution is 7.06. The van der Waals surface area contributed by atoms with Gasteiger partial charge in [0.2, 0.25) is 0 Å². The van der Waals surface area contributed by atoms with Gasteiger partial charge in [-0.2, -0.15) is 4.37 Å². The van der Waals surface area contributed by atoms with Crippen LogP contribution in [0.5, 0.6) is 0 Å². The Kier molecular flexibility index (Phi) is 3.11. The fourth-order valence-corrected chi connectivity index (χ4v) is 2.04. The van der Waals surface area contributed by atoms with Gasteiger partial charge in [0, 0.05) is 11.0 Å². The molecule has 0 aliphatic heterocycles. The highest BCUT2D eigenvalue weighted by atomic mass is 32.1. The minimum absolute atomic E-state index is 0.0241. The quantitative estimate of drug-likeness (QED) is 0.819. The van der Waals surface area contributed by atoms with Crippen molar-refractivity contribution in [2.24, 2.45) is 0 Å². The molecule has 90 valence electrons. The minimum atomic E-state index is -0.0241. The molecule has 0 radical (unpaired) electrons. The van der Waals surface area contributed by atoms with Crippen LogP contribution in [0, 0.1) is 6.92 Å². The second-order valence-electron chi connectivity index (χ2n) is 4.88. The Morgan fingerprint density at radius 1 is 1.29 bits per heavy atom. The van der Waals surface area contributed by atoms with Gasteiger partial charge in [-0.15, -0.1) is 0 Å². The Hall–Kier alpha value is -1.49. The lowest BCUT2D eigenvalue weighted by Crippen LogP contribution is -2.12. The number of hydrogen-bond acceptors (Lipinski definition) is 5. The standard InChI is InChI=1S/C12H15N3OS/c1-8-13-10(17-15-8)6-5-9-7-16-14-11(9)12(2,3)4/h5-7H,1-4H3/b6-5+. The molecule has 2 heterocycles. The molecule has 0 unspecified atom stereocenters. The molecule has 0 amide bonds. The summed E-state index contributed by atoms with van der Waals surface area (Å²) in [6, 6.07) is 0. The van der Waals surface area contributed by atoms with E-state index in [4.69, 9.17) is 4.52 Å². The topological polar surface area (TPSA) is 51.8 Å². The van der Waals surface area contributed by atoms with E-state index < -0.39 is 0 Å². The van der Waals surface area contributed by atoms with E-state index in [0.29, 0.717) is 0 Å². The zero-order chi connectivity index (χ0) is 12.5. The van der Waals surface area contributed by atoms with Crippen molar-refractivity contribution in [1.29, 1.82) is 0 Å². The van der Waals surface area contributed by atoms with E-state index in [2.05, 4.69) is 35.3 Å². The van der Waals surface area contributed by atoms with E-state index >= 15 is 0 Å². The molecule has 0 aliphatic rings. The summed E-state index contributed by atoms with van der Waals surface area (Å²) in [5.41, 5.74) is 1.92. The maximum absolute atomic E-state index is 5.03. The van der Waals surface area contributed by atoms with Gasteiger partial charge in [-0.25, -0.2) is 4.98 Å². The lowest BCUT2D eigenvalue weighted by Gasteiger charge is -2.14. The largest absolute Gasteiger partial charge is 0.364 e. The van der Waals surface area contributed by atoms with Crippen LogP contribution < -0.4 is 0 Å². The number of rotatable bonds is 2. The van der Waals surface area contributed by atoms with Gasteiger partial charge in [0.05, 0.1) is 5.69 Å². The van der Waals surface area contributed by atoms with Gasteiger partial charge < -0.3 is 4.52 Å². The Morgan fingerprint density at radius 3 is 2.65 bits per heavy atom. The SMILES string of the molecule is Cc1nsc(/C=C/c2conc2C(C)(C)C)n1. The summed E-state index contributed by atoms with van der Waals surface area (Å²) in [5.74, 6) is 0.802. The molecule has 0 saturated heterocycles. The van der Waals surface area contributed by atoms with Crippen molar-refractivity contribution in [2.75, 3.05) is 0 Å². The number of nitrogens with zero attached hydrogens (tertiary/aromatic N) is 3. The maximum atomic E-state index is 5.03. The molecule has 0 atom stereocenters. The molecule has 0 spiro atoms. The van der Waals surface area contributed by atoms with Crippen LogP contribution in [0.3, 0.4) is 0 Å². The van der Waals surface area contributed by atoms with Crippen molar-refractivity contribution in [3.63, 3.8) is 0 Å². The van der Waals surface area contributed by atoms with Gasteiger partial charge in [-0.1, -0.05) is 25.9 Å². The lowest BCUT2D eigenvalue weighted by atomic mass is 9.89. The molecular formula is C12H15N3OS. The van der Waals surface area contributed by atoms with E-state index in [0.717, 1.165) is 22.1 Å². The van der Waals surface area contributed by atoms with E-state index in [1.807, 2.05) is 19.1 Å². The van der Waals surface area contributed by atoms with E-state index in [1.54, 1.807) is 6.26 Å². The maximum Gasteiger partial charge on any atom is 0.139 e. The fraction of sp³-hybridized carbons (Fsp3) is 0.417. The zero-order valence-electron chi connectivity index (χ0n) is 10.4. The molecule has 2 aromatic rings. The van der Waals surface area contributed by atoms with E-state index in [-0.39, 0.29) is 5.41 Å². The van der Waals surface area contributed by atoms with E-state index in [9.17, 15) is 0 Å². The first-order valence-electron chi connectivity index (χ1n) is 5.40. The Morgan fingerprint density at radius 2 is 2.06 bits per heavy atom. The first-order chi connectivity index (χ1) is 7.97. The molecule has 17 heavy (non-hydrogen) atoms. The summed E-state index contributed by atoms with van der Waals surface area (Å²) in [7, 11) is 0. The number of aryl methyl sites for hydroxylation is 1. The number of hydrogen-bond donors (Lipinski definition) is 0. The second kappa shape index (κ2) is 4.41. The first-order valence-corrected chi connectivity index (χ1v) is 6.17. The van der Waals surface area contributed by atoms with Crippen LogP contribution in [-0.2, 0) is 5.41 Å². The Bertz CT molecular complexity index is 534. The molecule has 2 aromatic heterocycles. The van der Waals surface area contributed by atoms with Crippen molar-refractivity contribution in [3.05, 3.63) is 28.4 Å². The van der Waals surface area contributed by atoms with Gasteiger partial charge in [-0.3, -0.25) is 0 Å². The molecule has 0 fully saturated rings. The molecule has 0 bridgehead atoms. The average Bonchev–Trinajstić information content (AvgIpc) is 2.81. The fourth-order valence-electron chi connectivity index (χ4n) is 1.47. The average molecular weight is 249 g/mol. The van der Waals surface area contributed by atoms with Crippen molar-refractivity contribution < 1.29 is 4.52 Å². The normalized spacial score (nSPS) is 12.5. The summed E-state index contributed by atoms with van der Waals surface area (Å²) in [6.45, 7) is 8.21. The molecule has 0 N–H and O–H groups in total. The third kappa shape index (κ3) is 2.79. The van der Waals surface area contributed by atoms with Crippen LogP contribution >= 0.6 is 11.5 Å². The van der Waals surface area contributed by atoms with Crippen molar-refractivity contribution in [3.8, 4) is 0 Å². The second-order valence-corrected chi connectivity index (χ2v) is 5.67. The highest BCUT2D eigenvalue weighted by Gasteiger charge is 2.20. The Balaban J connectivity index is 2.25. The van der Waals surface area contributed by atoms with Crippen LogP contribution in [0.4, 0.5) is 0 Å². The molecule has 4 nitrogen and oxygen atoms in total. The van der Waals surface area contributed by atoms with Gasteiger partial charge in [-0.05, 0) is 30.6 Å². The molecule has 0 aromatic carbocycles. The highest BCUT2D eigenvalue weighted by Crippen LogP contribution is 2.25. The predicted octanol–water partition coefficient (Wildman–Crippen LogP) is 3.30. The summed E-state index contributed by atoms with van der Waals surface area (Å²) in [6.07, 6.45) is 5.56. The summed E-state index contributed by atoms with van der Waals surface area (Å²) in [5, 5.41) is 4.94. The van der Waals surface area contributed by atoms with E-state index in [1.165, 1.54) is 11.5 Å². The minimum Gasteiger partial charge on any atom is -0.364 e. The monoisotopic (exact) mass is 249 g/mol. The van der Waals surface area contributed by atoms with Gasteiger partial charge in [0.1, 0.15) is 17.1 Å². The smallest absolute Gasteiger partial charge is 0.139 e. The third-order valence-corrected chi connectivity index (χ3v) is 3.03. The van der Waals surface area contributed by atoms with Gasteiger partial charge in [0.25, 0.3) is 0 Å². The van der Waals surface area contributed by atoms with Crippen molar-refractivity contribution in [2.45, 2.75) is 33.1 Å². The van der Waals surface area contributed by atoms with Crippen LogP contribution in [0.25, 0.3) is 12.2 Å².